The molecule has 11 fully saturated rings. The highest BCUT2D eigenvalue weighted by Crippen LogP contribution is 2.61. The van der Waals surface area contributed by atoms with E-state index in [1.54, 1.807) is 0 Å². The molecule has 11 rings (SSSR count). The molecule has 11 aliphatic rings. The van der Waals surface area contributed by atoms with Gasteiger partial charge in [-0.05, 0) is 238 Å². The van der Waals surface area contributed by atoms with Gasteiger partial charge in [-0.2, -0.15) is 0 Å². The van der Waals surface area contributed by atoms with Gasteiger partial charge in [-0.3, -0.25) is 33.6 Å². The highest BCUT2D eigenvalue weighted by molar-refractivity contribution is 5.79. The predicted octanol–water partition coefficient (Wildman–Crippen LogP) is 13.9. The molecule has 0 aromatic carbocycles. The Hall–Kier alpha value is -3.71. The van der Waals surface area contributed by atoms with E-state index in [1.807, 2.05) is 76.2 Å². The molecule has 0 N–H and O–H groups in total. The van der Waals surface area contributed by atoms with Crippen LogP contribution in [0.1, 0.15) is 244 Å². The zero-order chi connectivity index (χ0) is 59.4. The van der Waals surface area contributed by atoms with Gasteiger partial charge < -0.3 is 33.2 Å². The van der Waals surface area contributed by atoms with Crippen molar-refractivity contribution in [1.29, 1.82) is 0 Å². The second kappa shape index (κ2) is 28.9. The van der Waals surface area contributed by atoms with Crippen LogP contribution in [0, 0.1) is 91.7 Å². The molecule has 0 aliphatic heterocycles. The third kappa shape index (κ3) is 18.2. The highest BCUT2D eigenvalue weighted by Gasteiger charge is 2.56. The number of hydrogen-bond acceptors (Lipinski definition) is 14. The molecule has 462 valence electrons. The summed E-state index contributed by atoms with van der Waals surface area (Å²) in [5.74, 6) is 5.48. The Morgan fingerprint density at radius 3 is 1.10 bits per heavy atom. The van der Waals surface area contributed by atoms with Crippen LogP contribution in [0.2, 0.25) is 0 Å². The fraction of sp³-hybridized carbons (Fsp3) is 0.896. The van der Waals surface area contributed by atoms with E-state index in [1.165, 1.54) is 83.5 Å². The zero-order valence-corrected chi connectivity index (χ0v) is 52.6. The molecule has 11 saturated carbocycles. The lowest BCUT2D eigenvalue weighted by atomic mass is 9.49. The molecule has 0 heterocycles. The van der Waals surface area contributed by atoms with Crippen LogP contribution in [-0.2, 0) is 66.7 Å². The molecule has 0 saturated heterocycles. The van der Waals surface area contributed by atoms with Crippen LogP contribution in [0.5, 0.6) is 0 Å². The smallest absolute Gasteiger partial charge is 0.312 e. The van der Waals surface area contributed by atoms with Gasteiger partial charge in [-0.15, -0.1) is 0 Å². The van der Waals surface area contributed by atoms with Crippen molar-refractivity contribution >= 4 is 41.8 Å². The van der Waals surface area contributed by atoms with Crippen LogP contribution in [0.4, 0.5) is 0 Å². The van der Waals surface area contributed by atoms with Crippen molar-refractivity contribution < 1.29 is 66.7 Å². The van der Waals surface area contributed by atoms with Crippen molar-refractivity contribution in [3.63, 3.8) is 0 Å². The van der Waals surface area contributed by atoms with Crippen LogP contribution in [0.15, 0.2) is 0 Å². The van der Waals surface area contributed by atoms with Gasteiger partial charge >= 0.3 is 41.8 Å². The number of carbonyl (C=O) groups excluding carboxylic acids is 7. The largest absolute Gasteiger partial charge is 0.465 e. The summed E-state index contributed by atoms with van der Waals surface area (Å²) >= 11 is 0. The van der Waals surface area contributed by atoms with E-state index >= 15 is 0 Å². The lowest BCUT2D eigenvalue weighted by Crippen LogP contribution is -2.50. The van der Waals surface area contributed by atoms with Crippen molar-refractivity contribution in [2.45, 2.75) is 244 Å². The molecule has 0 spiro atoms. The van der Waals surface area contributed by atoms with Gasteiger partial charge in [0, 0.05) is 5.41 Å². The maximum Gasteiger partial charge on any atom is 0.312 e. The Bertz CT molecular complexity index is 2040. The van der Waals surface area contributed by atoms with Crippen LogP contribution < -0.4 is 0 Å². The Kier molecular flexibility index (Phi) is 23.7. The maximum atomic E-state index is 12.6. The number of hydrogen-bond donors (Lipinski definition) is 0. The Labute approximate surface area is 488 Å². The predicted molar refractivity (Wildman–Crippen MR) is 310 cm³/mol. The summed E-state index contributed by atoms with van der Waals surface area (Å²) in [6.45, 7) is 24.8. The summed E-state index contributed by atoms with van der Waals surface area (Å²) in [5, 5.41) is 0. The molecule has 14 heteroatoms. The number of fused-ring (bicyclic) bond motifs is 2. The fourth-order valence-corrected chi connectivity index (χ4v) is 15.5. The first-order valence-electron chi connectivity index (χ1n) is 32.4. The van der Waals surface area contributed by atoms with E-state index in [0.29, 0.717) is 17.9 Å². The van der Waals surface area contributed by atoms with Crippen LogP contribution in [0.25, 0.3) is 0 Å². The molecular formula is C67H110O14. The second-order valence-electron chi connectivity index (χ2n) is 29.6. The average molecular weight is 1140 g/mol. The Morgan fingerprint density at radius 2 is 0.728 bits per heavy atom. The number of esters is 7. The first-order chi connectivity index (χ1) is 38.2. The lowest BCUT2D eigenvalue weighted by molar-refractivity contribution is -0.175. The lowest BCUT2D eigenvalue weighted by Gasteiger charge is -2.56. The minimum atomic E-state index is -0.468. The van der Waals surface area contributed by atoms with E-state index in [2.05, 4.69) is 6.92 Å². The van der Waals surface area contributed by atoms with Gasteiger partial charge in [-0.1, -0.05) is 53.4 Å². The first kappa shape index (κ1) is 66.4. The van der Waals surface area contributed by atoms with Crippen LogP contribution in [0.3, 0.4) is 0 Å². The van der Waals surface area contributed by atoms with Gasteiger partial charge in [0.05, 0.1) is 45.5 Å². The van der Waals surface area contributed by atoms with E-state index in [9.17, 15) is 33.6 Å². The summed E-state index contributed by atoms with van der Waals surface area (Å²) in [4.78, 5) is 83.8. The van der Waals surface area contributed by atoms with E-state index in [4.69, 9.17) is 33.2 Å². The second-order valence-corrected chi connectivity index (χ2v) is 29.6. The Morgan fingerprint density at radius 1 is 0.370 bits per heavy atom. The summed E-state index contributed by atoms with van der Waals surface area (Å²) in [6.07, 6.45) is 28.3. The normalized spacial score (nSPS) is 30.5. The minimum Gasteiger partial charge on any atom is -0.465 e. The van der Waals surface area contributed by atoms with E-state index in [-0.39, 0.29) is 104 Å². The molecule has 3 unspecified atom stereocenters. The van der Waals surface area contributed by atoms with Crippen LogP contribution in [-0.4, -0.2) is 88.0 Å². The standard InChI is InChI=1S/C19H30O4.C17H28O2.C16H26O4.C15H26O4/c1-4-18(2,3)16(20)22-5-6-23-17(21)19-10-13-7-14(11-19)9-15(8-13)12-19;1-4-16(2,3)15(18)19-11-17-8-12-5-13(9-17)7-14(6-12)10-17;1-4-16(2,3)15(18)20-8-7-19-14(17)13-10-11-5-6-12(13)9-11;1-4-15(2,3)14(17)19-11-10-18-13(16)12-8-6-5-7-9-12/h13-15H,4-12H2,1-3H3;12-14H,4-11H2,1-3H3;11-13H,4-10H2,1-3H3;12H,4-11H2,1-3H3. The van der Waals surface area contributed by atoms with Crippen molar-refractivity contribution in [2.24, 2.45) is 91.7 Å². The number of rotatable bonds is 22. The zero-order valence-electron chi connectivity index (χ0n) is 52.6. The van der Waals surface area contributed by atoms with Crippen molar-refractivity contribution in [3.05, 3.63) is 0 Å². The van der Waals surface area contributed by atoms with Gasteiger partial charge in [0.2, 0.25) is 0 Å². The number of carbonyl (C=O) groups is 7. The molecule has 0 amide bonds. The maximum absolute atomic E-state index is 12.6. The Balaban J connectivity index is 0.000000175. The van der Waals surface area contributed by atoms with Gasteiger partial charge in [-0.25, -0.2) is 0 Å². The minimum absolute atomic E-state index is 0.00532. The van der Waals surface area contributed by atoms with Crippen LogP contribution >= 0.6 is 0 Å². The van der Waals surface area contributed by atoms with Crippen molar-refractivity contribution in [3.8, 4) is 0 Å². The van der Waals surface area contributed by atoms with Crippen molar-refractivity contribution in [2.75, 3.05) is 46.2 Å². The summed E-state index contributed by atoms with van der Waals surface area (Å²) < 4.78 is 37.2. The molecule has 0 aromatic heterocycles. The summed E-state index contributed by atoms with van der Waals surface area (Å²) in [6, 6.07) is 0. The molecule has 11 aliphatic carbocycles. The average Bonchev–Trinajstić information content (AvgIpc) is 4.06. The van der Waals surface area contributed by atoms with E-state index in [0.717, 1.165) is 118 Å². The number of ether oxygens (including phenoxy) is 7. The quantitative estimate of drug-likeness (QED) is 0.0566. The first-order valence-corrected chi connectivity index (χ1v) is 32.4. The molecule has 3 atom stereocenters. The van der Waals surface area contributed by atoms with Crippen molar-refractivity contribution in [1.82, 2.24) is 0 Å². The summed E-state index contributed by atoms with van der Waals surface area (Å²) in [7, 11) is 0. The van der Waals surface area contributed by atoms with Gasteiger partial charge in [0.1, 0.15) is 39.6 Å². The van der Waals surface area contributed by atoms with Gasteiger partial charge in [0.25, 0.3) is 0 Å². The molecule has 0 aromatic rings. The molecule has 10 bridgehead atoms. The molecule has 0 radical (unpaired) electrons. The SMILES string of the molecule is CCC(C)(C)C(=O)OCC12CC3CC(CC(C3)C1)C2.CCC(C)(C)C(=O)OCCOC(=O)C12CC3CC(CC(C3)C1)C2.CCC(C)(C)C(=O)OCCOC(=O)C1CC2CCC1C2.CCC(C)(C)C(=O)OCCOC(=O)C1CCCCC1. The fourth-order valence-electron chi connectivity index (χ4n) is 15.5. The molecular weight excluding hydrogens is 1030 g/mol. The molecule has 81 heavy (non-hydrogen) atoms. The molecule has 14 nitrogen and oxygen atoms in total. The third-order valence-corrected chi connectivity index (χ3v) is 21.5. The summed E-state index contributed by atoms with van der Waals surface area (Å²) in [5.41, 5.74) is -1.58. The monoisotopic (exact) mass is 1140 g/mol. The topological polar surface area (TPSA) is 184 Å². The highest BCUT2D eigenvalue weighted by atomic mass is 16.6. The van der Waals surface area contributed by atoms with E-state index < -0.39 is 16.2 Å². The van der Waals surface area contributed by atoms with Gasteiger partial charge in [0.15, 0.2) is 0 Å². The third-order valence-electron chi connectivity index (χ3n) is 21.5.